The van der Waals surface area contributed by atoms with Crippen LogP contribution in [0.25, 0.3) is 0 Å². The molecule has 3 nitrogen and oxygen atoms in total. The topological polar surface area (TPSA) is 34.1 Å². The molecule has 0 aromatic heterocycles. The lowest BCUT2D eigenvalue weighted by molar-refractivity contribution is 0.128. The fraction of sp³-hybridized carbons (Fsp3) is 0.462. The van der Waals surface area contributed by atoms with E-state index in [0.717, 1.165) is 17.7 Å². The Morgan fingerprint density at radius 2 is 2.19 bits per heavy atom. The highest BCUT2D eigenvalue weighted by Gasteiger charge is 2.45. The van der Waals surface area contributed by atoms with E-state index >= 15 is 0 Å². The first-order valence-corrected chi connectivity index (χ1v) is 5.81. The summed E-state index contributed by atoms with van der Waals surface area (Å²) < 4.78 is 5.48. The first-order chi connectivity index (χ1) is 7.93. The predicted molar refractivity (Wildman–Crippen MR) is 61.2 cm³/mol. The molecule has 0 N–H and O–H groups in total. The van der Waals surface area contributed by atoms with Crippen molar-refractivity contribution in [2.24, 2.45) is 5.16 Å². The second-order valence-corrected chi connectivity index (χ2v) is 4.33. The summed E-state index contributed by atoms with van der Waals surface area (Å²) in [6.45, 7) is 0.543. The molecule has 2 fully saturated rings. The molecule has 1 aliphatic carbocycles. The van der Waals surface area contributed by atoms with E-state index in [9.17, 15) is 0 Å². The molecular weight excluding hydrogens is 202 g/mol. The largest absolute Gasteiger partial charge is 0.391 e. The van der Waals surface area contributed by atoms with E-state index in [4.69, 9.17) is 9.57 Å². The van der Waals surface area contributed by atoms with Crippen molar-refractivity contribution in [3.8, 4) is 0 Å². The Hall–Kier alpha value is -1.35. The maximum absolute atomic E-state index is 5.48. The number of oxime groups is 1. The second-order valence-electron chi connectivity index (χ2n) is 4.33. The molecule has 0 amide bonds. The molecule has 3 rings (SSSR count). The summed E-state index contributed by atoms with van der Waals surface area (Å²) in [5.41, 5.74) is 2.24. The van der Waals surface area contributed by atoms with Crippen molar-refractivity contribution in [3.05, 3.63) is 35.9 Å². The highest BCUT2D eigenvalue weighted by molar-refractivity contribution is 5.91. The summed E-state index contributed by atoms with van der Waals surface area (Å²) in [7, 11) is 0. The zero-order valence-corrected chi connectivity index (χ0v) is 9.13. The Morgan fingerprint density at radius 1 is 1.31 bits per heavy atom. The first kappa shape index (κ1) is 9.85. The van der Waals surface area contributed by atoms with Crippen molar-refractivity contribution in [2.75, 3.05) is 0 Å². The summed E-state index contributed by atoms with van der Waals surface area (Å²) >= 11 is 0. The van der Waals surface area contributed by atoms with Crippen LogP contribution < -0.4 is 0 Å². The fourth-order valence-corrected chi connectivity index (χ4v) is 2.14. The predicted octanol–water partition coefficient (Wildman–Crippen LogP) is 2.51. The van der Waals surface area contributed by atoms with E-state index in [2.05, 4.69) is 5.16 Å². The van der Waals surface area contributed by atoms with Crippen molar-refractivity contribution in [3.63, 3.8) is 0 Å². The molecule has 2 unspecified atom stereocenters. The lowest BCUT2D eigenvalue weighted by atomic mass is 9.99. The van der Waals surface area contributed by atoms with Crippen molar-refractivity contribution in [1.82, 2.24) is 0 Å². The van der Waals surface area contributed by atoms with E-state index in [1.54, 1.807) is 0 Å². The van der Waals surface area contributed by atoms with Crippen LogP contribution in [0.1, 0.15) is 24.8 Å². The molecule has 2 aliphatic rings. The van der Waals surface area contributed by atoms with Crippen molar-refractivity contribution in [1.29, 1.82) is 0 Å². The maximum atomic E-state index is 5.48. The maximum Gasteiger partial charge on any atom is 0.142 e. The molecule has 1 heterocycles. The van der Waals surface area contributed by atoms with E-state index in [1.165, 1.54) is 12.8 Å². The monoisotopic (exact) mass is 217 g/mol. The van der Waals surface area contributed by atoms with Gasteiger partial charge in [0, 0.05) is 0 Å². The van der Waals surface area contributed by atoms with Crippen molar-refractivity contribution < 1.29 is 9.57 Å². The number of ether oxygens (including phenoxy) is 1. The first-order valence-electron chi connectivity index (χ1n) is 5.81. The highest BCUT2D eigenvalue weighted by Crippen LogP contribution is 2.34. The van der Waals surface area contributed by atoms with Gasteiger partial charge in [0.05, 0.1) is 11.8 Å². The van der Waals surface area contributed by atoms with Gasteiger partial charge < -0.3 is 9.57 Å². The van der Waals surface area contributed by atoms with Crippen LogP contribution in [-0.2, 0) is 16.2 Å². The average molecular weight is 217 g/mol. The van der Waals surface area contributed by atoms with Crippen LogP contribution in [0.5, 0.6) is 0 Å². The van der Waals surface area contributed by atoms with Crippen LogP contribution >= 0.6 is 0 Å². The van der Waals surface area contributed by atoms with Crippen LogP contribution in [0.4, 0.5) is 0 Å². The van der Waals surface area contributed by atoms with Gasteiger partial charge in [0.25, 0.3) is 0 Å². The SMILES string of the molecule is c1ccc(CO/N=C2\CCCC3OC23)cc1. The molecule has 16 heavy (non-hydrogen) atoms. The van der Waals surface area contributed by atoms with Gasteiger partial charge in [-0.2, -0.15) is 0 Å². The lowest BCUT2D eigenvalue weighted by Crippen LogP contribution is -2.16. The van der Waals surface area contributed by atoms with Crippen molar-refractivity contribution in [2.45, 2.75) is 38.1 Å². The smallest absolute Gasteiger partial charge is 0.142 e. The molecule has 1 saturated carbocycles. The van der Waals surface area contributed by atoms with Crippen LogP contribution in [0.15, 0.2) is 35.5 Å². The third-order valence-electron chi connectivity index (χ3n) is 3.09. The van der Waals surface area contributed by atoms with Gasteiger partial charge in [-0.15, -0.1) is 0 Å². The summed E-state index contributed by atoms with van der Waals surface area (Å²) in [6, 6.07) is 10.1. The molecule has 0 radical (unpaired) electrons. The molecule has 1 aromatic carbocycles. The number of epoxide rings is 1. The summed E-state index contributed by atoms with van der Waals surface area (Å²) in [4.78, 5) is 5.36. The Labute approximate surface area is 95.1 Å². The fourth-order valence-electron chi connectivity index (χ4n) is 2.14. The minimum absolute atomic E-state index is 0.268. The van der Waals surface area contributed by atoms with Crippen LogP contribution in [0.2, 0.25) is 0 Å². The second kappa shape index (κ2) is 4.26. The van der Waals surface area contributed by atoms with Crippen molar-refractivity contribution >= 4 is 5.71 Å². The molecule has 0 bridgehead atoms. The Kier molecular flexibility index (Phi) is 2.62. The lowest BCUT2D eigenvalue weighted by Gasteiger charge is -2.07. The van der Waals surface area contributed by atoms with E-state index in [-0.39, 0.29) is 6.10 Å². The van der Waals surface area contributed by atoms with E-state index in [0.29, 0.717) is 12.7 Å². The van der Waals surface area contributed by atoms with E-state index in [1.807, 2.05) is 30.3 Å². The Bertz CT molecular complexity index is 388. The van der Waals surface area contributed by atoms with Gasteiger partial charge in [-0.3, -0.25) is 0 Å². The number of nitrogens with zero attached hydrogens (tertiary/aromatic N) is 1. The summed E-state index contributed by atoms with van der Waals surface area (Å²) in [5, 5.41) is 4.19. The summed E-state index contributed by atoms with van der Waals surface area (Å²) in [5.74, 6) is 0. The minimum atomic E-state index is 0.268. The van der Waals surface area contributed by atoms with Gasteiger partial charge in [0.15, 0.2) is 0 Å². The summed E-state index contributed by atoms with van der Waals surface area (Å²) in [6.07, 6.45) is 4.09. The molecule has 1 aromatic rings. The average Bonchev–Trinajstić information content (AvgIpc) is 3.10. The third-order valence-corrected chi connectivity index (χ3v) is 3.09. The van der Waals surface area contributed by atoms with Gasteiger partial charge in [-0.05, 0) is 24.8 Å². The standard InChI is InChI=1S/C13H15NO2/c1-2-5-10(6-3-1)9-15-14-11-7-4-8-12-13(11)16-12/h1-3,5-6,12-13H,4,7-9H2/b14-11+. The molecule has 3 heteroatoms. The number of fused-ring (bicyclic) bond motifs is 1. The molecule has 2 atom stereocenters. The zero-order valence-electron chi connectivity index (χ0n) is 9.13. The van der Waals surface area contributed by atoms with Gasteiger partial charge in [-0.1, -0.05) is 35.5 Å². The number of hydrogen-bond donors (Lipinski definition) is 0. The van der Waals surface area contributed by atoms with Gasteiger partial charge in [-0.25, -0.2) is 0 Å². The molecule has 1 saturated heterocycles. The minimum Gasteiger partial charge on any atom is -0.391 e. The van der Waals surface area contributed by atoms with Crippen LogP contribution in [0.3, 0.4) is 0 Å². The quantitative estimate of drug-likeness (QED) is 0.576. The number of benzene rings is 1. The van der Waals surface area contributed by atoms with Gasteiger partial charge >= 0.3 is 0 Å². The molecular formula is C13H15NO2. The van der Waals surface area contributed by atoms with Gasteiger partial charge in [0.1, 0.15) is 12.7 Å². The third kappa shape index (κ3) is 2.09. The molecule has 84 valence electrons. The number of hydrogen-bond acceptors (Lipinski definition) is 3. The molecule has 1 aliphatic heterocycles. The van der Waals surface area contributed by atoms with Crippen LogP contribution in [0, 0.1) is 0 Å². The highest BCUT2D eigenvalue weighted by atomic mass is 16.6. The molecule has 0 spiro atoms. The Balaban J connectivity index is 1.54. The van der Waals surface area contributed by atoms with E-state index < -0.39 is 0 Å². The van der Waals surface area contributed by atoms with Gasteiger partial charge in [0.2, 0.25) is 0 Å². The Morgan fingerprint density at radius 3 is 3.06 bits per heavy atom. The zero-order chi connectivity index (χ0) is 10.8. The van der Waals surface area contributed by atoms with Crippen LogP contribution in [-0.4, -0.2) is 17.9 Å². The normalized spacial score (nSPS) is 29.9. The number of rotatable bonds is 3.